The number of carbonyl (C=O) groups excluding carboxylic acids is 2. The number of amides is 2. The number of thioether (sulfide) groups is 1. The van der Waals surface area contributed by atoms with Gasteiger partial charge in [-0.1, -0.05) is 66.0 Å². The fourth-order valence-corrected chi connectivity index (χ4v) is 4.37. The molecule has 2 aromatic rings. The summed E-state index contributed by atoms with van der Waals surface area (Å²) < 4.78 is 6.71. The van der Waals surface area contributed by atoms with Gasteiger partial charge in [0.1, 0.15) is 11.0 Å². The van der Waals surface area contributed by atoms with Crippen molar-refractivity contribution in [2.24, 2.45) is 10.2 Å². The average Bonchev–Trinajstić information content (AvgIpc) is 3.17. The highest BCUT2D eigenvalue weighted by atomic mass is 79.9. The van der Waals surface area contributed by atoms with Crippen molar-refractivity contribution in [3.8, 4) is 5.75 Å². The van der Waals surface area contributed by atoms with E-state index in [0.717, 1.165) is 27.9 Å². The number of benzene rings is 2. The quantitative estimate of drug-likeness (QED) is 0.214. The summed E-state index contributed by atoms with van der Waals surface area (Å²) >= 11 is 4.61. The van der Waals surface area contributed by atoms with Crippen molar-refractivity contribution in [1.82, 2.24) is 5.32 Å². The maximum absolute atomic E-state index is 12.4. The number of nitrogens with one attached hydrogen (secondary N) is 2. The summed E-state index contributed by atoms with van der Waals surface area (Å²) in [4.78, 5) is 24.7. The van der Waals surface area contributed by atoms with Crippen molar-refractivity contribution in [2.75, 3.05) is 11.9 Å². The van der Waals surface area contributed by atoms with Gasteiger partial charge in [0.15, 0.2) is 5.17 Å². The lowest BCUT2D eigenvalue weighted by molar-refractivity contribution is -0.122. The highest BCUT2D eigenvalue weighted by molar-refractivity contribution is 9.10. The molecule has 1 unspecified atom stereocenters. The summed E-state index contributed by atoms with van der Waals surface area (Å²) in [5, 5.41) is 13.7. The number of halogens is 1. The number of nitrogens with zero attached hydrogens (tertiary/aromatic N) is 2. The van der Waals surface area contributed by atoms with Gasteiger partial charge in [0, 0.05) is 16.6 Å². The van der Waals surface area contributed by atoms with Crippen molar-refractivity contribution < 1.29 is 14.3 Å². The molecule has 7 nitrogen and oxygen atoms in total. The third-order valence-electron chi connectivity index (χ3n) is 5.10. The summed E-state index contributed by atoms with van der Waals surface area (Å²) in [6, 6.07) is 15.0. The van der Waals surface area contributed by atoms with Crippen LogP contribution in [-0.4, -0.2) is 34.6 Å². The van der Waals surface area contributed by atoms with E-state index in [0.29, 0.717) is 17.5 Å². The predicted molar refractivity (Wildman–Crippen MR) is 143 cm³/mol. The van der Waals surface area contributed by atoms with Gasteiger partial charge in [-0.05, 0) is 55.3 Å². The van der Waals surface area contributed by atoms with Crippen LogP contribution in [0.5, 0.6) is 5.75 Å². The van der Waals surface area contributed by atoms with Gasteiger partial charge >= 0.3 is 0 Å². The van der Waals surface area contributed by atoms with E-state index in [1.54, 1.807) is 12.1 Å². The number of carbonyl (C=O) groups is 2. The molecular weight excluding hydrogens is 516 g/mol. The minimum atomic E-state index is -0.548. The average molecular weight is 546 g/mol. The molecule has 0 aliphatic carbocycles. The Hall–Kier alpha value is -2.65. The number of hydrogen-bond acceptors (Lipinski definition) is 6. The lowest BCUT2D eigenvalue weighted by atomic mass is 10.1. The highest BCUT2D eigenvalue weighted by Crippen LogP contribution is 2.24. The fourth-order valence-electron chi connectivity index (χ4n) is 3.19. The third-order valence-corrected chi connectivity index (χ3v) is 6.71. The first-order chi connectivity index (χ1) is 16.4. The molecule has 1 atom stereocenters. The van der Waals surface area contributed by atoms with E-state index in [1.807, 2.05) is 43.3 Å². The van der Waals surface area contributed by atoms with E-state index in [9.17, 15) is 9.59 Å². The van der Waals surface area contributed by atoms with Crippen molar-refractivity contribution in [3.63, 3.8) is 0 Å². The second-order valence-electron chi connectivity index (χ2n) is 7.88. The molecule has 1 heterocycles. The first kappa shape index (κ1) is 26.0. The zero-order chi connectivity index (χ0) is 24.3. The molecule has 1 aliphatic heterocycles. The molecular formula is C25H29BrN4O3S. The molecule has 9 heteroatoms. The van der Waals surface area contributed by atoms with Gasteiger partial charge in [0.2, 0.25) is 11.8 Å². The Bertz CT molecular complexity index is 1040. The molecule has 3 rings (SSSR count). The molecule has 2 aromatic carbocycles. The largest absolute Gasteiger partial charge is 0.494 e. The second-order valence-corrected chi connectivity index (χ2v) is 9.99. The van der Waals surface area contributed by atoms with E-state index in [-0.39, 0.29) is 18.2 Å². The number of rotatable bonds is 11. The van der Waals surface area contributed by atoms with E-state index < -0.39 is 5.25 Å². The van der Waals surface area contributed by atoms with Crippen molar-refractivity contribution >= 4 is 56.1 Å². The lowest BCUT2D eigenvalue weighted by Gasteiger charge is -2.09. The first-order valence-corrected chi connectivity index (χ1v) is 13.0. The number of amidine groups is 1. The molecule has 0 saturated carbocycles. The monoisotopic (exact) mass is 544 g/mol. The van der Waals surface area contributed by atoms with E-state index in [2.05, 4.69) is 43.7 Å². The topological polar surface area (TPSA) is 92.2 Å². The van der Waals surface area contributed by atoms with E-state index >= 15 is 0 Å². The molecule has 2 amide bonds. The zero-order valence-electron chi connectivity index (χ0n) is 19.3. The Morgan fingerprint density at radius 2 is 1.85 bits per heavy atom. The fraction of sp³-hybridized carbons (Fsp3) is 0.360. The van der Waals surface area contributed by atoms with E-state index in [4.69, 9.17) is 4.74 Å². The van der Waals surface area contributed by atoms with Gasteiger partial charge in [0.25, 0.3) is 0 Å². The molecule has 1 aliphatic rings. The summed E-state index contributed by atoms with van der Waals surface area (Å²) in [5.74, 6) is 0.291. The SMILES string of the molecule is CCCCCCOc1ccc(NC(=O)CC2S/C(=N/N=C(C)c3ccc(Br)cc3)NC2=O)cc1. The minimum Gasteiger partial charge on any atom is -0.494 e. The molecule has 0 spiro atoms. The summed E-state index contributed by atoms with van der Waals surface area (Å²) in [6.07, 6.45) is 4.66. The van der Waals surface area contributed by atoms with Crippen LogP contribution < -0.4 is 15.4 Å². The second kappa shape index (κ2) is 13.3. The van der Waals surface area contributed by atoms with Crippen LogP contribution in [0, 0.1) is 0 Å². The summed E-state index contributed by atoms with van der Waals surface area (Å²) in [6.45, 7) is 4.72. The highest BCUT2D eigenvalue weighted by Gasteiger charge is 2.32. The normalized spacial score (nSPS) is 17.0. The smallest absolute Gasteiger partial charge is 0.240 e. The molecule has 34 heavy (non-hydrogen) atoms. The molecule has 0 aromatic heterocycles. The van der Waals surface area contributed by atoms with Gasteiger partial charge in [-0.25, -0.2) is 0 Å². The number of anilines is 1. The molecule has 2 N–H and O–H groups in total. The maximum Gasteiger partial charge on any atom is 0.240 e. The predicted octanol–water partition coefficient (Wildman–Crippen LogP) is 5.75. The number of unbranched alkanes of at least 4 members (excludes halogenated alkanes) is 3. The van der Waals surface area contributed by atoms with Crippen LogP contribution in [0.4, 0.5) is 5.69 Å². The van der Waals surface area contributed by atoms with Crippen LogP contribution in [0.25, 0.3) is 0 Å². The maximum atomic E-state index is 12.4. The standard InChI is InChI=1S/C25H29BrN4O3S/c1-3-4-5-6-15-33-21-13-11-20(12-14-21)27-23(31)16-22-24(32)28-25(34-22)30-29-17(2)18-7-9-19(26)10-8-18/h7-14,22H,3-6,15-16H2,1-2H3,(H,27,31)(H,28,30,32). The van der Waals surface area contributed by atoms with Gasteiger partial charge in [-0.2, -0.15) is 5.10 Å². The molecule has 180 valence electrons. The van der Waals surface area contributed by atoms with Gasteiger partial charge < -0.3 is 15.4 Å². The Morgan fingerprint density at radius 3 is 2.56 bits per heavy atom. The zero-order valence-corrected chi connectivity index (χ0v) is 21.7. The van der Waals surface area contributed by atoms with Gasteiger partial charge in [-0.15, -0.1) is 5.10 Å². The summed E-state index contributed by atoms with van der Waals surface area (Å²) in [7, 11) is 0. The molecule has 0 bridgehead atoms. The summed E-state index contributed by atoms with van der Waals surface area (Å²) in [5.41, 5.74) is 2.32. The van der Waals surface area contributed by atoms with Gasteiger partial charge in [-0.3, -0.25) is 9.59 Å². The molecule has 0 radical (unpaired) electrons. The molecule has 1 saturated heterocycles. The third kappa shape index (κ3) is 8.29. The number of hydrogen-bond donors (Lipinski definition) is 2. The van der Waals surface area contributed by atoms with E-state index in [1.165, 1.54) is 31.0 Å². The van der Waals surface area contributed by atoms with Crippen LogP contribution in [0.1, 0.15) is 51.5 Å². The van der Waals surface area contributed by atoms with Crippen molar-refractivity contribution in [2.45, 2.75) is 51.2 Å². The Labute approximate surface area is 213 Å². The number of ether oxygens (including phenoxy) is 1. The lowest BCUT2D eigenvalue weighted by Crippen LogP contribution is -2.28. The van der Waals surface area contributed by atoms with Crippen LogP contribution >= 0.6 is 27.7 Å². The van der Waals surface area contributed by atoms with Crippen LogP contribution in [-0.2, 0) is 9.59 Å². The molecule has 1 fully saturated rings. The van der Waals surface area contributed by atoms with Crippen LogP contribution in [0.3, 0.4) is 0 Å². The van der Waals surface area contributed by atoms with Crippen LogP contribution in [0.15, 0.2) is 63.2 Å². The Kier molecular flexibility index (Phi) is 10.2. The Morgan fingerprint density at radius 1 is 1.12 bits per heavy atom. The van der Waals surface area contributed by atoms with Crippen molar-refractivity contribution in [1.29, 1.82) is 0 Å². The van der Waals surface area contributed by atoms with Crippen LogP contribution in [0.2, 0.25) is 0 Å². The van der Waals surface area contributed by atoms with Gasteiger partial charge in [0.05, 0.1) is 12.3 Å². The first-order valence-electron chi connectivity index (χ1n) is 11.3. The van der Waals surface area contributed by atoms with Crippen molar-refractivity contribution in [3.05, 3.63) is 58.6 Å². The minimum absolute atomic E-state index is 0.0423. The Balaban J connectivity index is 1.46.